The first-order valence-electron chi connectivity index (χ1n) is 3.21. The van der Waals surface area contributed by atoms with E-state index in [1.165, 1.54) is 25.7 Å². The fraction of sp³-hybridized carbons (Fsp3) is 1.00. The van der Waals surface area contributed by atoms with Crippen molar-refractivity contribution in [3.63, 3.8) is 0 Å². The van der Waals surface area contributed by atoms with Crippen LogP contribution < -0.4 is 0 Å². The summed E-state index contributed by atoms with van der Waals surface area (Å²) in [4.78, 5) is 0. The summed E-state index contributed by atoms with van der Waals surface area (Å²) in [5.41, 5.74) is 0. The van der Waals surface area contributed by atoms with E-state index in [1.54, 1.807) is 0 Å². The van der Waals surface area contributed by atoms with Crippen LogP contribution in [0.3, 0.4) is 0 Å². The highest BCUT2D eigenvalue weighted by Crippen LogP contribution is 2.02. The molecule has 0 aliphatic rings. The summed E-state index contributed by atoms with van der Waals surface area (Å²) in [5.74, 6) is 0. The van der Waals surface area contributed by atoms with E-state index in [2.05, 4.69) is 20.5 Å². The zero-order chi connectivity index (χ0) is 6.24. The van der Waals surface area contributed by atoms with Crippen LogP contribution in [0.1, 0.15) is 25.7 Å². The van der Waals surface area contributed by atoms with Crippen molar-refractivity contribution in [1.29, 1.82) is 0 Å². The van der Waals surface area contributed by atoms with Crippen LogP contribution >= 0.6 is 0 Å². The van der Waals surface area contributed by atoms with Crippen LogP contribution in [-0.2, 0) is 0 Å². The fourth-order valence-electron chi connectivity index (χ4n) is 0.604. The normalized spacial score (nSPS) is 9.75. The molecule has 0 atom stereocenters. The maximum Gasteiger partial charge on any atom is 0.0222 e. The van der Waals surface area contributed by atoms with Gasteiger partial charge in [-0.2, -0.15) is 0 Å². The van der Waals surface area contributed by atoms with Gasteiger partial charge in [0.25, 0.3) is 0 Å². The van der Waals surface area contributed by atoms with Gasteiger partial charge >= 0.3 is 0 Å². The molecule has 0 aromatic heterocycles. The maximum atomic E-state index is 3.43. The summed E-state index contributed by atoms with van der Waals surface area (Å²) in [5, 5.41) is 0. The third-order valence-electron chi connectivity index (χ3n) is 1.10. The summed E-state index contributed by atoms with van der Waals surface area (Å²) < 4.78 is 0. The smallest absolute Gasteiger partial charge is 0.0222 e. The van der Waals surface area contributed by atoms with Crippen LogP contribution in [0, 0.1) is 0 Å². The van der Waals surface area contributed by atoms with Gasteiger partial charge in [-0.3, -0.25) is 0 Å². The Balaban J connectivity index is 2.53. The van der Waals surface area contributed by atoms with E-state index in [0.717, 1.165) is 12.1 Å². The van der Waals surface area contributed by atoms with Crippen LogP contribution in [0.25, 0.3) is 0 Å². The lowest BCUT2D eigenvalue weighted by Gasteiger charge is -1.93. The van der Waals surface area contributed by atoms with Crippen LogP contribution in [0.5, 0.6) is 0 Å². The summed E-state index contributed by atoms with van der Waals surface area (Å²) >= 11 is 0. The SMILES string of the molecule is [Si]CCCCCC[Si]. The highest BCUT2D eigenvalue weighted by atomic mass is 28.1. The second kappa shape index (κ2) is 7.43. The molecule has 0 fully saturated rings. The summed E-state index contributed by atoms with van der Waals surface area (Å²) in [6.45, 7) is 0. The molecule has 0 rings (SSSR count). The number of hydrogen-bond donors (Lipinski definition) is 0. The lowest BCUT2D eigenvalue weighted by atomic mass is 10.2. The minimum Gasteiger partial charge on any atom is -0.0638 e. The molecular formula is C6H12Si2. The maximum absolute atomic E-state index is 3.43. The zero-order valence-electron chi connectivity index (χ0n) is 5.24. The van der Waals surface area contributed by atoms with E-state index in [-0.39, 0.29) is 0 Å². The van der Waals surface area contributed by atoms with Gasteiger partial charge in [-0.15, -0.1) is 0 Å². The summed E-state index contributed by atoms with van der Waals surface area (Å²) in [6.07, 6.45) is 5.38. The second-order valence-corrected chi connectivity index (χ2v) is 2.91. The van der Waals surface area contributed by atoms with E-state index in [4.69, 9.17) is 0 Å². The molecule has 0 saturated carbocycles. The topological polar surface area (TPSA) is 0 Å². The van der Waals surface area contributed by atoms with Gasteiger partial charge in [0.05, 0.1) is 0 Å². The third kappa shape index (κ3) is 6.43. The molecule has 0 unspecified atom stereocenters. The molecule has 0 nitrogen and oxygen atoms in total. The molecular weight excluding hydrogens is 128 g/mol. The zero-order valence-corrected chi connectivity index (χ0v) is 7.24. The van der Waals surface area contributed by atoms with E-state index in [0.29, 0.717) is 0 Å². The standard InChI is InChI=1S/C6H12Si2/c7-5-3-1-2-4-6-8/h1-6H2. The summed E-state index contributed by atoms with van der Waals surface area (Å²) in [7, 11) is 6.86. The van der Waals surface area contributed by atoms with Gasteiger partial charge in [0.1, 0.15) is 0 Å². The Hall–Kier alpha value is 0.434. The average Bonchev–Trinajstić information content (AvgIpc) is 1.81. The molecule has 8 heavy (non-hydrogen) atoms. The lowest BCUT2D eigenvalue weighted by molar-refractivity contribution is 0.701. The highest BCUT2D eigenvalue weighted by Gasteiger charge is 1.83. The highest BCUT2D eigenvalue weighted by molar-refractivity contribution is 6.08. The van der Waals surface area contributed by atoms with Crippen LogP contribution in [0.15, 0.2) is 0 Å². The van der Waals surface area contributed by atoms with Crippen molar-refractivity contribution in [2.24, 2.45) is 0 Å². The average molecular weight is 140 g/mol. The fourth-order valence-corrected chi connectivity index (χ4v) is 1.10. The first kappa shape index (κ1) is 8.43. The van der Waals surface area contributed by atoms with Crippen molar-refractivity contribution < 1.29 is 0 Å². The quantitative estimate of drug-likeness (QED) is 0.403. The number of unbranched alkanes of at least 4 members (excludes halogenated alkanes) is 3. The van der Waals surface area contributed by atoms with Crippen LogP contribution in [0.4, 0.5) is 0 Å². The van der Waals surface area contributed by atoms with Gasteiger partial charge in [-0.25, -0.2) is 0 Å². The summed E-state index contributed by atoms with van der Waals surface area (Å²) in [6, 6.07) is 2.31. The lowest BCUT2D eigenvalue weighted by Crippen LogP contribution is -1.76. The van der Waals surface area contributed by atoms with Crippen molar-refractivity contribution in [2.75, 3.05) is 0 Å². The monoisotopic (exact) mass is 140 g/mol. The third-order valence-corrected chi connectivity index (χ3v) is 1.81. The van der Waals surface area contributed by atoms with E-state index in [9.17, 15) is 0 Å². The van der Waals surface area contributed by atoms with Gasteiger partial charge in [-0.05, 0) is 0 Å². The van der Waals surface area contributed by atoms with Crippen molar-refractivity contribution >= 4 is 20.5 Å². The first-order chi connectivity index (χ1) is 3.91. The molecule has 0 N–H and O–H groups in total. The molecule has 44 valence electrons. The molecule has 0 saturated heterocycles. The molecule has 0 aromatic rings. The van der Waals surface area contributed by atoms with Crippen molar-refractivity contribution in [3.05, 3.63) is 0 Å². The number of rotatable bonds is 5. The van der Waals surface area contributed by atoms with E-state index < -0.39 is 0 Å². The molecule has 0 spiro atoms. The largest absolute Gasteiger partial charge is 0.0638 e. The van der Waals surface area contributed by atoms with Crippen LogP contribution in [0.2, 0.25) is 12.1 Å². The van der Waals surface area contributed by atoms with E-state index >= 15 is 0 Å². The van der Waals surface area contributed by atoms with Gasteiger partial charge in [-0.1, -0.05) is 37.8 Å². The Morgan fingerprint density at radius 1 is 0.625 bits per heavy atom. The van der Waals surface area contributed by atoms with Crippen molar-refractivity contribution in [1.82, 2.24) is 0 Å². The Morgan fingerprint density at radius 2 is 1.00 bits per heavy atom. The Kier molecular flexibility index (Phi) is 7.84. The molecule has 0 heterocycles. The minimum atomic E-state index is 1.15. The first-order valence-corrected chi connectivity index (χ1v) is 4.62. The van der Waals surface area contributed by atoms with Gasteiger partial charge < -0.3 is 0 Å². The molecule has 2 heteroatoms. The van der Waals surface area contributed by atoms with Crippen LogP contribution in [-0.4, -0.2) is 20.5 Å². The predicted octanol–water partition coefficient (Wildman–Crippen LogP) is 1.72. The molecule has 0 aliphatic carbocycles. The predicted molar refractivity (Wildman–Crippen MR) is 39.6 cm³/mol. The second-order valence-electron chi connectivity index (χ2n) is 1.91. The molecule has 0 aromatic carbocycles. The Morgan fingerprint density at radius 3 is 1.25 bits per heavy atom. The Bertz CT molecular complexity index is 31.5. The number of hydrogen-bond acceptors (Lipinski definition) is 0. The van der Waals surface area contributed by atoms with Gasteiger partial charge in [0.2, 0.25) is 0 Å². The molecule has 0 bridgehead atoms. The van der Waals surface area contributed by atoms with E-state index in [1.807, 2.05) is 0 Å². The molecule has 0 amide bonds. The minimum absolute atomic E-state index is 1.15. The van der Waals surface area contributed by atoms with Crippen molar-refractivity contribution in [2.45, 2.75) is 37.8 Å². The van der Waals surface area contributed by atoms with Gasteiger partial charge in [0.15, 0.2) is 0 Å². The molecule has 6 radical (unpaired) electrons. The van der Waals surface area contributed by atoms with Crippen molar-refractivity contribution in [3.8, 4) is 0 Å². The Labute approximate surface area is 58.9 Å². The van der Waals surface area contributed by atoms with Gasteiger partial charge in [0, 0.05) is 20.5 Å². The molecule has 0 aliphatic heterocycles.